The van der Waals surface area contributed by atoms with Crippen LogP contribution in [0, 0.1) is 5.92 Å². The molecule has 1 aliphatic heterocycles. The van der Waals surface area contributed by atoms with Crippen molar-refractivity contribution in [2.24, 2.45) is 11.7 Å². The van der Waals surface area contributed by atoms with Crippen LogP contribution in [0.1, 0.15) is 51.9 Å². The monoisotopic (exact) mass is 267 g/mol. The minimum atomic E-state index is 0.271. The smallest absolute Gasteiger partial charge is 0.0332 e. The zero-order valence-electron chi connectivity index (χ0n) is 13.2. The number of rotatable bonds is 3. The van der Waals surface area contributed by atoms with Gasteiger partial charge in [-0.05, 0) is 58.7 Å². The van der Waals surface area contributed by atoms with Gasteiger partial charge in [-0.2, -0.15) is 0 Å². The van der Waals surface area contributed by atoms with Crippen LogP contribution < -0.4 is 5.73 Å². The number of likely N-dealkylation sites (N-methyl/N-ethyl adjacent to an activating group) is 2. The summed E-state index contributed by atoms with van der Waals surface area (Å²) in [5, 5.41) is 0. The van der Waals surface area contributed by atoms with E-state index in [4.69, 9.17) is 5.73 Å². The lowest BCUT2D eigenvalue weighted by molar-refractivity contribution is 0.0276. The zero-order valence-corrected chi connectivity index (χ0v) is 13.2. The van der Waals surface area contributed by atoms with Gasteiger partial charge < -0.3 is 10.6 Å². The largest absolute Gasteiger partial charge is 0.329 e. The normalized spacial score (nSPS) is 38.4. The maximum Gasteiger partial charge on any atom is 0.0332 e. The molecule has 3 nitrogen and oxygen atoms in total. The highest BCUT2D eigenvalue weighted by Gasteiger charge is 2.38. The first-order valence-electron chi connectivity index (χ1n) is 8.19. The zero-order chi connectivity index (χ0) is 13.9. The molecule has 2 N–H and O–H groups in total. The minimum Gasteiger partial charge on any atom is -0.329 e. The van der Waals surface area contributed by atoms with E-state index in [-0.39, 0.29) is 5.54 Å². The standard InChI is InChI=1S/C16H33N3/c1-14-6-4-9-16(13-17,10-8-14)19(3)15-7-5-11-18(2)12-15/h14-15H,4-13,17H2,1-3H3. The van der Waals surface area contributed by atoms with E-state index in [0.29, 0.717) is 6.04 Å². The topological polar surface area (TPSA) is 32.5 Å². The lowest BCUT2D eigenvalue weighted by atomic mass is 9.85. The molecule has 1 heterocycles. The molecule has 0 aromatic rings. The van der Waals surface area contributed by atoms with Gasteiger partial charge >= 0.3 is 0 Å². The van der Waals surface area contributed by atoms with Crippen molar-refractivity contribution in [3.63, 3.8) is 0 Å². The van der Waals surface area contributed by atoms with E-state index >= 15 is 0 Å². The fraction of sp³-hybridized carbons (Fsp3) is 1.00. The number of nitrogens with two attached hydrogens (primary N) is 1. The van der Waals surface area contributed by atoms with Gasteiger partial charge in [-0.25, -0.2) is 0 Å². The number of hydrogen-bond donors (Lipinski definition) is 1. The maximum absolute atomic E-state index is 6.24. The van der Waals surface area contributed by atoms with Gasteiger partial charge in [-0.15, -0.1) is 0 Å². The van der Waals surface area contributed by atoms with Crippen LogP contribution in [0.2, 0.25) is 0 Å². The Balaban J connectivity index is 2.06. The van der Waals surface area contributed by atoms with Gasteiger partial charge in [0.15, 0.2) is 0 Å². The molecule has 2 aliphatic rings. The molecule has 0 spiro atoms. The average molecular weight is 267 g/mol. The maximum atomic E-state index is 6.24. The van der Waals surface area contributed by atoms with Gasteiger partial charge in [0.05, 0.1) is 0 Å². The van der Waals surface area contributed by atoms with Crippen molar-refractivity contribution in [3.05, 3.63) is 0 Å². The van der Waals surface area contributed by atoms with E-state index in [1.54, 1.807) is 0 Å². The molecule has 0 bridgehead atoms. The Morgan fingerprint density at radius 2 is 2.00 bits per heavy atom. The summed E-state index contributed by atoms with van der Waals surface area (Å²) in [6.07, 6.45) is 9.36. The van der Waals surface area contributed by atoms with Crippen LogP contribution in [0.15, 0.2) is 0 Å². The van der Waals surface area contributed by atoms with Gasteiger partial charge in [0.25, 0.3) is 0 Å². The van der Waals surface area contributed by atoms with Crippen molar-refractivity contribution in [1.82, 2.24) is 9.80 Å². The van der Waals surface area contributed by atoms with E-state index in [1.807, 2.05) is 0 Å². The van der Waals surface area contributed by atoms with E-state index in [1.165, 1.54) is 58.0 Å². The fourth-order valence-corrected chi connectivity index (χ4v) is 4.11. The quantitative estimate of drug-likeness (QED) is 0.797. The molecule has 0 aromatic heterocycles. The van der Waals surface area contributed by atoms with Gasteiger partial charge in [0.2, 0.25) is 0 Å². The van der Waals surface area contributed by atoms with E-state index < -0.39 is 0 Å². The molecule has 3 heteroatoms. The molecule has 0 radical (unpaired) electrons. The van der Waals surface area contributed by atoms with Crippen LogP contribution in [-0.4, -0.2) is 55.1 Å². The molecule has 2 rings (SSSR count). The lowest BCUT2D eigenvalue weighted by Crippen LogP contribution is -2.59. The van der Waals surface area contributed by atoms with E-state index in [2.05, 4.69) is 30.8 Å². The molecule has 1 saturated heterocycles. The minimum absolute atomic E-state index is 0.271. The van der Waals surface area contributed by atoms with Gasteiger partial charge in [0, 0.05) is 24.7 Å². The molecule has 3 unspecified atom stereocenters. The Hall–Kier alpha value is -0.120. The van der Waals surface area contributed by atoms with Gasteiger partial charge in [0.1, 0.15) is 0 Å². The van der Waals surface area contributed by atoms with Gasteiger partial charge in [-0.3, -0.25) is 4.90 Å². The molecule has 0 aromatic carbocycles. The number of hydrogen-bond acceptors (Lipinski definition) is 3. The summed E-state index contributed by atoms with van der Waals surface area (Å²) in [6.45, 7) is 5.71. The summed E-state index contributed by atoms with van der Waals surface area (Å²) in [4.78, 5) is 5.15. The first-order valence-corrected chi connectivity index (χ1v) is 8.19. The summed E-state index contributed by atoms with van der Waals surface area (Å²) in [6, 6.07) is 0.704. The van der Waals surface area contributed by atoms with Crippen LogP contribution in [-0.2, 0) is 0 Å². The molecule has 19 heavy (non-hydrogen) atoms. The SMILES string of the molecule is CC1CCCC(CN)(N(C)C2CCCN(C)C2)CC1. The Morgan fingerprint density at radius 3 is 2.68 bits per heavy atom. The molecular weight excluding hydrogens is 234 g/mol. The summed E-state index contributed by atoms with van der Waals surface area (Å²) in [5.74, 6) is 0.885. The third-order valence-corrected chi connectivity index (χ3v) is 5.72. The first-order chi connectivity index (χ1) is 9.07. The Kier molecular flexibility index (Phi) is 5.27. The lowest BCUT2D eigenvalue weighted by Gasteiger charge is -2.48. The molecule has 1 aliphatic carbocycles. The second kappa shape index (κ2) is 6.55. The van der Waals surface area contributed by atoms with Crippen LogP contribution in [0.3, 0.4) is 0 Å². The van der Waals surface area contributed by atoms with Crippen LogP contribution in [0.5, 0.6) is 0 Å². The van der Waals surface area contributed by atoms with Gasteiger partial charge in [-0.1, -0.05) is 19.8 Å². The van der Waals surface area contributed by atoms with Crippen molar-refractivity contribution in [2.45, 2.75) is 63.5 Å². The van der Waals surface area contributed by atoms with Crippen LogP contribution in [0.25, 0.3) is 0 Å². The Bertz CT molecular complexity index is 281. The average Bonchev–Trinajstić information content (AvgIpc) is 2.61. The third-order valence-electron chi connectivity index (χ3n) is 5.72. The summed E-state index contributed by atoms with van der Waals surface area (Å²) >= 11 is 0. The molecular formula is C16H33N3. The molecule has 2 fully saturated rings. The third kappa shape index (κ3) is 3.50. The van der Waals surface area contributed by atoms with Crippen molar-refractivity contribution in [3.8, 4) is 0 Å². The van der Waals surface area contributed by atoms with Crippen LogP contribution >= 0.6 is 0 Å². The molecule has 112 valence electrons. The second-order valence-corrected chi connectivity index (χ2v) is 7.13. The summed E-state index contributed by atoms with van der Waals surface area (Å²) < 4.78 is 0. The Morgan fingerprint density at radius 1 is 1.21 bits per heavy atom. The molecule has 3 atom stereocenters. The van der Waals surface area contributed by atoms with Crippen molar-refractivity contribution < 1.29 is 0 Å². The molecule has 1 saturated carbocycles. The van der Waals surface area contributed by atoms with E-state index in [0.717, 1.165) is 12.5 Å². The highest BCUT2D eigenvalue weighted by Crippen LogP contribution is 2.35. The number of nitrogens with zero attached hydrogens (tertiary/aromatic N) is 2. The predicted octanol–water partition coefficient (Wildman–Crippen LogP) is 2.31. The van der Waals surface area contributed by atoms with Crippen molar-refractivity contribution in [1.29, 1.82) is 0 Å². The van der Waals surface area contributed by atoms with E-state index in [9.17, 15) is 0 Å². The second-order valence-electron chi connectivity index (χ2n) is 7.13. The fourth-order valence-electron chi connectivity index (χ4n) is 4.11. The highest BCUT2D eigenvalue weighted by molar-refractivity contribution is 4.96. The predicted molar refractivity (Wildman–Crippen MR) is 82.3 cm³/mol. The summed E-state index contributed by atoms with van der Waals surface area (Å²) in [7, 11) is 4.59. The first kappa shape index (κ1) is 15.3. The molecule has 0 amide bonds. The highest BCUT2D eigenvalue weighted by atomic mass is 15.3. The Labute approximate surface area is 119 Å². The number of piperidine rings is 1. The summed E-state index contributed by atoms with van der Waals surface area (Å²) in [5.41, 5.74) is 6.51. The van der Waals surface area contributed by atoms with Crippen molar-refractivity contribution >= 4 is 0 Å². The van der Waals surface area contributed by atoms with Crippen LogP contribution in [0.4, 0.5) is 0 Å². The number of likely N-dealkylation sites (tertiary alicyclic amines) is 1. The van der Waals surface area contributed by atoms with Crippen molar-refractivity contribution in [2.75, 3.05) is 33.7 Å².